The zero-order valence-electron chi connectivity index (χ0n) is 17.7. The van der Waals surface area contributed by atoms with Gasteiger partial charge < -0.3 is 9.84 Å². The van der Waals surface area contributed by atoms with Crippen LogP contribution in [0.25, 0.3) is 0 Å². The van der Waals surface area contributed by atoms with Gasteiger partial charge in [0.1, 0.15) is 0 Å². The highest BCUT2D eigenvalue weighted by Crippen LogP contribution is 2.68. The SMILES string of the molecule is COC=C(C)[C@H]1CC[C@H]2[C@@H]3CC[C@H]4C[C@](C)(O)CC[C@]4(C)[C@H]3CC[C@]12C. The van der Waals surface area contributed by atoms with Crippen molar-refractivity contribution in [1.82, 2.24) is 0 Å². The van der Waals surface area contributed by atoms with E-state index in [1.165, 1.54) is 50.5 Å². The molecule has 0 unspecified atom stereocenters. The average Bonchev–Trinajstić information content (AvgIpc) is 2.93. The Hall–Kier alpha value is -0.500. The molecule has 4 rings (SSSR count). The Morgan fingerprint density at radius 3 is 2.38 bits per heavy atom. The van der Waals surface area contributed by atoms with Gasteiger partial charge in [0.25, 0.3) is 0 Å². The molecule has 0 bridgehead atoms. The zero-order valence-corrected chi connectivity index (χ0v) is 17.7. The zero-order chi connectivity index (χ0) is 18.7. The molecule has 2 heteroatoms. The van der Waals surface area contributed by atoms with E-state index in [0.29, 0.717) is 16.7 Å². The molecule has 0 amide bonds. The molecule has 148 valence electrons. The van der Waals surface area contributed by atoms with Crippen molar-refractivity contribution in [2.45, 2.75) is 91.1 Å². The first-order chi connectivity index (χ1) is 12.2. The highest BCUT2D eigenvalue weighted by atomic mass is 16.5. The summed E-state index contributed by atoms with van der Waals surface area (Å²) in [6.45, 7) is 9.55. The Labute approximate surface area is 160 Å². The number of hydrogen-bond acceptors (Lipinski definition) is 2. The van der Waals surface area contributed by atoms with Crippen molar-refractivity contribution in [1.29, 1.82) is 0 Å². The number of rotatable bonds is 2. The molecule has 26 heavy (non-hydrogen) atoms. The van der Waals surface area contributed by atoms with E-state index in [2.05, 4.69) is 27.7 Å². The molecule has 1 N–H and O–H groups in total. The number of allylic oxidation sites excluding steroid dienone is 1. The van der Waals surface area contributed by atoms with Crippen LogP contribution in [0, 0.1) is 40.4 Å². The van der Waals surface area contributed by atoms with Crippen LogP contribution in [-0.4, -0.2) is 17.8 Å². The Balaban J connectivity index is 1.59. The minimum Gasteiger partial charge on any atom is -0.504 e. The van der Waals surface area contributed by atoms with Crippen LogP contribution in [0.5, 0.6) is 0 Å². The molecule has 0 aromatic heterocycles. The molecule has 0 aromatic rings. The van der Waals surface area contributed by atoms with Crippen molar-refractivity contribution in [2.24, 2.45) is 40.4 Å². The van der Waals surface area contributed by atoms with Crippen molar-refractivity contribution in [3.8, 4) is 0 Å². The molecular weight excluding hydrogens is 320 g/mol. The number of aliphatic hydroxyl groups is 1. The lowest BCUT2D eigenvalue weighted by Crippen LogP contribution is -2.55. The summed E-state index contributed by atoms with van der Waals surface area (Å²) < 4.78 is 5.37. The van der Waals surface area contributed by atoms with E-state index in [4.69, 9.17) is 4.74 Å². The van der Waals surface area contributed by atoms with E-state index in [1.54, 1.807) is 7.11 Å². The van der Waals surface area contributed by atoms with Crippen molar-refractivity contribution >= 4 is 0 Å². The van der Waals surface area contributed by atoms with Crippen molar-refractivity contribution in [2.75, 3.05) is 7.11 Å². The van der Waals surface area contributed by atoms with Gasteiger partial charge in [-0.25, -0.2) is 0 Å². The third-order valence-electron chi connectivity index (χ3n) is 9.81. The van der Waals surface area contributed by atoms with Gasteiger partial charge in [-0.1, -0.05) is 13.8 Å². The molecule has 0 heterocycles. The van der Waals surface area contributed by atoms with Gasteiger partial charge in [-0.2, -0.15) is 0 Å². The van der Waals surface area contributed by atoms with Crippen LogP contribution in [0.4, 0.5) is 0 Å². The van der Waals surface area contributed by atoms with Crippen LogP contribution in [-0.2, 0) is 4.74 Å². The van der Waals surface area contributed by atoms with Crippen LogP contribution in [0.3, 0.4) is 0 Å². The average molecular weight is 361 g/mol. The molecule has 0 radical (unpaired) electrons. The van der Waals surface area contributed by atoms with Gasteiger partial charge in [-0.05, 0) is 118 Å². The second-order valence-electron chi connectivity index (χ2n) is 11.1. The fourth-order valence-electron chi connectivity index (χ4n) is 8.45. The first-order valence-electron chi connectivity index (χ1n) is 11.1. The number of fused-ring (bicyclic) bond motifs is 5. The second kappa shape index (κ2) is 6.26. The molecule has 8 atom stereocenters. The normalized spacial score (nSPS) is 54.2. The van der Waals surface area contributed by atoms with Gasteiger partial charge in [0.2, 0.25) is 0 Å². The van der Waals surface area contributed by atoms with Gasteiger partial charge in [0.15, 0.2) is 0 Å². The van der Waals surface area contributed by atoms with E-state index in [-0.39, 0.29) is 0 Å². The minimum absolute atomic E-state index is 0.416. The second-order valence-corrected chi connectivity index (χ2v) is 11.1. The number of ether oxygens (including phenoxy) is 1. The quantitative estimate of drug-likeness (QED) is 0.617. The Morgan fingerprint density at radius 1 is 0.923 bits per heavy atom. The van der Waals surface area contributed by atoms with Crippen molar-refractivity contribution in [3.63, 3.8) is 0 Å². The van der Waals surface area contributed by atoms with Gasteiger partial charge in [0.05, 0.1) is 19.0 Å². The molecule has 4 saturated carbocycles. The maximum Gasteiger partial charge on any atom is 0.0816 e. The molecule has 4 aliphatic rings. The molecule has 0 saturated heterocycles. The maximum absolute atomic E-state index is 10.6. The lowest BCUT2D eigenvalue weighted by molar-refractivity contribution is -0.144. The van der Waals surface area contributed by atoms with Gasteiger partial charge in [0, 0.05) is 0 Å². The summed E-state index contributed by atoms with van der Waals surface area (Å²) in [6, 6.07) is 0. The topological polar surface area (TPSA) is 29.5 Å². The smallest absolute Gasteiger partial charge is 0.0816 e. The predicted molar refractivity (Wildman–Crippen MR) is 107 cm³/mol. The maximum atomic E-state index is 10.6. The summed E-state index contributed by atoms with van der Waals surface area (Å²) in [5.74, 6) is 4.15. The summed E-state index contributed by atoms with van der Waals surface area (Å²) in [4.78, 5) is 0. The van der Waals surface area contributed by atoms with Gasteiger partial charge >= 0.3 is 0 Å². The summed E-state index contributed by atoms with van der Waals surface area (Å²) >= 11 is 0. The van der Waals surface area contributed by atoms with Crippen LogP contribution in [0.1, 0.15) is 85.5 Å². The monoisotopic (exact) mass is 360 g/mol. The molecule has 4 fully saturated rings. The summed E-state index contributed by atoms with van der Waals surface area (Å²) in [6.07, 6.45) is 13.6. The van der Waals surface area contributed by atoms with Crippen LogP contribution < -0.4 is 0 Å². The highest BCUT2D eigenvalue weighted by Gasteiger charge is 2.60. The Morgan fingerprint density at radius 2 is 1.65 bits per heavy atom. The molecule has 4 aliphatic carbocycles. The number of methoxy groups -OCH3 is 1. The van der Waals surface area contributed by atoms with Crippen molar-refractivity contribution in [3.05, 3.63) is 11.8 Å². The molecule has 0 spiro atoms. The summed E-state index contributed by atoms with van der Waals surface area (Å²) in [7, 11) is 1.79. The first kappa shape index (κ1) is 18.8. The summed E-state index contributed by atoms with van der Waals surface area (Å²) in [5.41, 5.74) is 2.00. The predicted octanol–water partition coefficient (Wildman–Crippen LogP) is 5.95. The largest absolute Gasteiger partial charge is 0.504 e. The minimum atomic E-state index is -0.416. The Kier molecular flexibility index (Phi) is 4.54. The molecule has 0 aromatic carbocycles. The number of hydrogen-bond donors (Lipinski definition) is 1. The van der Waals surface area contributed by atoms with E-state index in [9.17, 15) is 5.11 Å². The van der Waals surface area contributed by atoms with Crippen molar-refractivity contribution < 1.29 is 9.84 Å². The van der Waals surface area contributed by atoms with Gasteiger partial charge in [-0.15, -0.1) is 0 Å². The van der Waals surface area contributed by atoms with E-state index in [1.807, 2.05) is 6.26 Å². The lowest BCUT2D eigenvalue weighted by atomic mass is 9.44. The highest BCUT2D eigenvalue weighted by molar-refractivity contribution is 5.16. The molecule has 2 nitrogen and oxygen atoms in total. The fourth-order valence-corrected chi connectivity index (χ4v) is 8.45. The van der Waals surface area contributed by atoms with Crippen LogP contribution in [0.15, 0.2) is 11.8 Å². The fraction of sp³-hybridized carbons (Fsp3) is 0.917. The van der Waals surface area contributed by atoms with E-state index < -0.39 is 5.60 Å². The molecular formula is C24H40O2. The first-order valence-corrected chi connectivity index (χ1v) is 11.1. The third-order valence-corrected chi connectivity index (χ3v) is 9.81. The standard InChI is InChI=1S/C24H40O2/c1-16(15-26-5)19-8-9-20-18-7-6-17-14-22(2,25)12-13-23(17,3)21(18)10-11-24(19,20)4/h15,17-21,25H,6-14H2,1-5H3/t17-,18-,19+,20-,21-,22+,23-,24+/m0/s1. The summed E-state index contributed by atoms with van der Waals surface area (Å²) in [5, 5.41) is 10.6. The van der Waals surface area contributed by atoms with E-state index >= 15 is 0 Å². The van der Waals surface area contributed by atoms with E-state index in [0.717, 1.165) is 36.5 Å². The van der Waals surface area contributed by atoms with Gasteiger partial charge in [-0.3, -0.25) is 0 Å². The molecule has 0 aliphatic heterocycles. The Bertz CT molecular complexity index is 579. The van der Waals surface area contributed by atoms with Crippen LogP contribution >= 0.6 is 0 Å². The van der Waals surface area contributed by atoms with Crippen LogP contribution in [0.2, 0.25) is 0 Å². The third kappa shape index (κ3) is 2.69. The lowest BCUT2D eigenvalue weighted by Gasteiger charge is -2.62.